The number of hydrogen-bond donors (Lipinski definition) is 4. The predicted molar refractivity (Wildman–Crippen MR) is 130 cm³/mol. The number of aromatic amines is 1. The largest absolute Gasteiger partial charge is 0.366 e. The first kappa shape index (κ1) is 24.3. The number of carbonyl (C=O) groups is 3. The molecule has 1 atom stereocenters. The zero-order valence-electron chi connectivity index (χ0n) is 18.7. The second-order valence-electron chi connectivity index (χ2n) is 7.89. The maximum Gasteiger partial charge on any atom is 0.268 e. The quantitative estimate of drug-likeness (QED) is 0.300. The number of amides is 3. The Morgan fingerprint density at radius 2 is 1.82 bits per heavy atom. The second-order valence-corrected chi connectivity index (χ2v) is 9.06. The highest BCUT2D eigenvalue weighted by Crippen LogP contribution is 2.20. The number of nitrogens with two attached hydrogens (primary N) is 1. The highest BCUT2D eigenvalue weighted by molar-refractivity contribution is 7.14. The van der Waals surface area contributed by atoms with E-state index in [1.54, 1.807) is 0 Å². The molecule has 0 fully saturated rings. The topological polar surface area (TPSA) is 117 Å². The van der Waals surface area contributed by atoms with E-state index in [1.165, 1.54) is 47.7 Å². The molecule has 33 heavy (non-hydrogen) atoms. The minimum absolute atomic E-state index is 0.161. The molecule has 0 saturated heterocycles. The van der Waals surface area contributed by atoms with Crippen molar-refractivity contribution in [3.05, 3.63) is 81.3 Å². The zero-order chi connectivity index (χ0) is 23.6. The number of benzene rings is 1. The molecule has 0 radical (unpaired) electrons. The summed E-state index contributed by atoms with van der Waals surface area (Å²) in [6.07, 6.45) is 7.16. The van der Waals surface area contributed by atoms with Gasteiger partial charge in [0.25, 0.3) is 11.8 Å². The van der Waals surface area contributed by atoms with Crippen molar-refractivity contribution in [2.24, 2.45) is 5.73 Å². The van der Waals surface area contributed by atoms with Gasteiger partial charge in [-0.3, -0.25) is 14.4 Å². The number of unbranched alkanes of at least 4 members (excludes halogenated alkanes) is 3. The van der Waals surface area contributed by atoms with Gasteiger partial charge < -0.3 is 21.4 Å². The van der Waals surface area contributed by atoms with Gasteiger partial charge in [0.15, 0.2) is 0 Å². The fraction of sp³-hybridized carbons (Fsp3) is 0.320. The summed E-state index contributed by atoms with van der Waals surface area (Å²) in [6.45, 7) is 2.41. The number of H-pyrrole nitrogens is 1. The Morgan fingerprint density at radius 3 is 2.52 bits per heavy atom. The SMILES string of the molecule is CCCCCCc1ccc(C(=O)NCC(NC(=O)c2cc(C(N)=O)c[nH]2)c2ccccc2)s1. The van der Waals surface area contributed by atoms with Crippen molar-refractivity contribution < 1.29 is 14.4 Å². The molecule has 5 N–H and O–H groups in total. The Labute approximate surface area is 197 Å². The molecule has 1 aromatic carbocycles. The third-order valence-electron chi connectivity index (χ3n) is 5.35. The van der Waals surface area contributed by atoms with E-state index in [0.29, 0.717) is 4.88 Å². The number of nitrogens with one attached hydrogen (secondary N) is 3. The molecule has 3 rings (SSSR count). The maximum absolute atomic E-state index is 12.7. The normalized spacial score (nSPS) is 11.7. The highest BCUT2D eigenvalue weighted by Gasteiger charge is 2.19. The summed E-state index contributed by atoms with van der Waals surface area (Å²) in [4.78, 5) is 41.4. The standard InChI is InChI=1S/C25H30N4O3S/c1-2-3-4-8-11-19-12-13-22(33-19)25(32)28-16-21(17-9-6-5-7-10-17)29-24(31)20-14-18(15-27-20)23(26)30/h5-7,9-10,12-15,21,27H,2-4,8,11,16H2,1H3,(H2,26,30)(H,28,32)(H,29,31). The molecule has 2 aromatic heterocycles. The highest BCUT2D eigenvalue weighted by atomic mass is 32.1. The molecule has 3 aromatic rings. The summed E-state index contributed by atoms with van der Waals surface area (Å²) in [5.41, 5.74) is 6.57. The third-order valence-corrected chi connectivity index (χ3v) is 6.49. The zero-order valence-corrected chi connectivity index (χ0v) is 19.5. The van der Waals surface area contributed by atoms with Crippen molar-refractivity contribution in [1.29, 1.82) is 0 Å². The first-order valence-electron chi connectivity index (χ1n) is 11.2. The van der Waals surface area contributed by atoms with Crippen molar-refractivity contribution in [2.45, 2.75) is 45.1 Å². The Morgan fingerprint density at radius 1 is 1.03 bits per heavy atom. The van der Waals surface area contributed by atoms with Crippen LogP contribution in [0.25, 0.3) is 0 Å². The van der Waals surface area contributed by atoms with Crippen LogP contribution in [0.2, 0.25) is 0 Å². The van der Waals surface area contributed by atoms with Gasteiger partial charge in [0.2, 0.25) is 5.91 Å². The molecule has 1 unspecified atom stereocenters. The van der Waals surface area contributed by atoms with Crippen LogP contribution in [0.1, 0.15) is 79.6 Å². The average Bonchev–Trinajstić information content (AvgIpc) is 3.50. The van der Waals surface area contributed by atoms with Gasteiger partial charge in [0.05, 0.1) is 16.5 Å². The Kier molecular flexibility index (Phi) is 8.83. The van der Waals surface area contributed by atoms with Crippen LogP contribution in [0, 0.1) is 0 Å². The van der Waals surface area contributed by atoms with Crippen molar-refractivity contribution in [3.63, 3.8) is 0 Å². The van der Waals surface area contributed by atoms with Crippen LogP contribution < -0.4 is 16.4 Å². The maximum atomic E-state index is 12.7. The van der Waals surface area contributed by atoms with Crippen LogP contribution in [0.5, 0.6) is 0 Å². The molecule has 3 amide bonds. The first-order chi connectivity index (χ1) is 16.0. The van der Waals surface area contributed by atoms with Crippen LogP contribution in [0.4, 0.5) is 0 Å². The van der Waals surface area contributed by atoms with Gasteiger partial charge in [-0.25, -0.2) is 0 Å². The van der Waals surface area contributed by atoms with Gasteiger partial charge in [0.1, 0.15) is 5.69 Å². The molecule has 7 nitrogen and oxygen atoms in total. The molecular weight excluding hydrogens is 436 g/mol. The lowest BCUT2D eigenvalue weighted by atomic mass is 10.1. The number of rotatable bonds is 12. The number of aryl methyl sites for hydroxylation is 1. The summed E-state index contributed by atoms with van der Waals surface area (Å²) in [5.74, 6) is -1.17. The number of primary amides is 1. The second kappa shape index (κ2) is 12.0. The van der Waals surface area contributed by atoms with Crippen LogP contribution in [-0.2, 0) is 6.42 Å². The van der Waals surface area contributed by atoms with Crippen LogP contribution >= 0.6 is 11.3 Å². The minimum Gasteiger partial charge on any atom is -0.366 e. The van der Waals surface area contributed by atoms with Gasteiger partial charge >= 0.3 is 0 Å². The monoisotopic (exact) mass is 466 g/mol. The number of aromatic nitrogens is 1. The lowest BCUT2D eigenvalue weighted by Crippen LogP contribution is -2.37. The number of hydrogen-bond acceptors (Lipinski definition) is 4. The van der Waals surface area contributed by atoms with E-state index in [2.05, 4.69) is 22.5 Å². The molecule has 8 heteroatoms. The van der Waals surface area contributed by atoms with E-state index in [-0.39, 0.29) is 23.7 Å². The molecule has 0 aliphatic rings. The Balaban J connectivity index is 1.62. The van der Waals surface area contributed by atoms with Crippen LogP contribution in [-0.4, -0.2) is 29.3 Å². The van der Waals surface area contributed by atoms with Crippen molar-refractivity contribution in [2.75, 3.05) is 6.54 Å². The molecular formula is C25H30N4O3S. The van der Waals surface area contributed by atoms with Crippen molar-refractivity contribution >= 4 is 29.1 Å². The van der Waals surface area contributed by atoms with E-state index in [9.17, 15) is 14.4 Å². The van der Waals surface area contributed by atoms with E-state index in [0.717, 1.165) is 18.4 Å². The van der Waals surface area contributed by atoms with Crippen LogP contribution in [0.3, 0.4) is 0 Å². The van der Waals surface area contributed by atoms with E-state index < -0.39 is 17.9 Å². The van der Waals surface area contributed by atoms with Gasteiger partial charge in [-0.15, -0.1) is 11.3 Å². The van der Waals surface area contributed by atoms with E-state index in [1.807, 2.05) is 42.5 Å². The fourth-order valence-electron chi connectivity index (χ4n) is 3.48. The van der Waals surface area contributed by atoms with Crippen LogP contribution in [0.15, 0.2) is 54.7 Å². The predicted octanol–water partition coefficient (Wildman–Crippen LogP) is 4.20. The van der Waals surface area contributed by atoms with Crippen molar-refractivity contribution in [3.8, 4) is 0 Å². The summed E-state index contributed by atoms with van der Waals surface area (Å²) in [5, 5.41) is 5.86. The average molecular weight is 467 g/mol. The smallest absolute Gasteiger partial charge is 0.268 e. The Bertz CT molecular complexity index is 1070. The molecule has 2 heterocycles. The van der Waals surface area contributed by atoms with E-state index in [4.69, 9.17) is 5.73 Å². The molecule has 0 bridgehead atoms. The number of thiophene rings is 1. The summed E-state index contributed by atoms with van der Waals surface area (Å²) in [7, 11) is 0. The van der Waals surface area contributed by atoms with Gasteiger partial charge in [-0.05, 0) is 36.6 Å². The summed E-state index contributed by atoms with van der Waals surface area (Å²) in [6, 6.07) is 14.3. The molecule has 0 saturated carbocycles. The summed E-state index contributed by atoms with van der Waals surface area (Å²) < 4.78 is 0. The van der Waals surface area contributed by atoms with Gasteiger partial charge in [-0.1, -0.05) is 56.5 Å². The molecule has 0 spiro atoms. The first-order valence-corrected chi connectivity index (χ1v) is 12.0. The van der Waals surface area contributed by atoms with Crippen molar-refractivity contribution in [1.82, 2.24) is 15.6 Å². The molecule has 0 aliphatic carbocycles. The lowest BCUT2D eigenvalue weighted by molar-refractivity contribution is 0.0907. The van der Waals surface area contributed by atoms with Gasteiger partial charge in [0, 0.05) is 17.6 Å². The fourth-order valence-corrected chi connectivity index (χ4v) is 4.45. The minimum atomic E-state index is -0.613. The third kappa shape index (κ3) is 7.05. The number of carbonyl (C=O) groups excluding carboxylic acids is 3. The Hall–Kier alpha value is -3.39. The van der Waals surface area contributed by atoms with Gasteiger partial charge in [-0.2, -0.15) is 0 Å². The lowest BCUT2D eigenvalue weighted by Gasteiger charge is -2.19. The summed E-state index contributed by atoms with van der Waals surface area (Å²) >= 11 is 1.51. The molecule has 174 valence electrons. The molecule has 0 aliphatic heterocycles. The van der Waals surface area contributed by atoms with E-state index >= 15 is 0 Å².